The highest BCUT2D eigenvalue weighted by molar-refractivity contribution is 8.18. The molecule has 8 nitrogen and oxygen atoms in total. The third-order valence-electron chi connectivity index (χ3n) is 4.22. The molecule has 0 N–H and O–H groups in total. The van der Waals surface area contributed by atoms with E-state index in [9.17, 15) is 19.7 Å². The molecule has 31 heavy (non-hydrogen) atoms. The third-order valence-corrected chi connectivity index (χ3v) is 5.68. The zero-order chi connectivity index (χ0) is 22.5. The number of rotatable bonds is 8. The maximum Gasteiger partial charge on any atom is 0.293 e. The number of hydrogen-bond donors (Lipinski definition) is 0. The Bertz CT molecular complexity index is 1050. The van der Waals surface area contributed by atoms with Gasteiger partial charge in [-0.1, -0.05) is 35.3 Å². The molecular weight excluding hydrogens is 467 g/mol. The molecule has 0 radical (unpaired) electrons. The number of methoxy groups -OCH3 is 1. The molecular formula is C20H16Cl2N2O6S. The van der Waals surface area contributed by atoms with E-state index in [0.29, 0.717) is 11.1 Å². The van der Waals surface area contributed by atoms with E-state index in [4.69, 9.17) is 32.7 Å². The molecule has 0 atom stereocenters. The Morgan fingerprint density at radius 2 is 1.90 bits per heavy atom. The highest BCUT2D eigenvalue weighted by Crippen LogP contribution is 2.37. The first-order valence-corrected chi connectivity index (χ1v) is 10.5. The van der Waals surface area contributed by atoms with Crippen molar-refractivity contribution >= 4 is 57.9 Å². The van der Waals surface area contributed by atoms with E-state index in [1.165, 1.54) is 25.3 Å². The van der Waals surface area contributed by atoms with E-state index in [0.717, 1.165) is 16.7 Å². The highest BCUT2D eigenvalue weighted by Gasteiger charge is 2.34. The molecule has 162 valence electrons. The first kappa shape index (κ1) is 23.1. The van der Waals surface area contributed by atoms with Crippen LogP contribution in [0.5, 0.6) is 5.75 Å². The van der Waals surface area contributed by atoms with Crippen molar-refractivity contribution in [3.05, 3.63) is 72.6 Å². The van der Waals surface area contributed by atoms with Crippen molar-refractivity contribution in [2.45, 2.75) is 6.61 Å². The lowest BCUT2D eigenvalue weighted by Gasteiger charge is -2.12. The molecule has 1 aliphatic heterocycles. The SMILES string of the molecule is COCCN1C(=O)S/C(=C/c2cc(Cl)c(OCc3cccc([N+](=O)[O-])c3)c(Cl)c2)C1=O. The minimum absolute atomic E-state index is 0.0266. The van der Waals surface area contributed by atoms with Gasteiger partial charge >= 0.3 is 0 Å². The minimum atomic E-state index is -0.491. The van der Waals surface area contributed by atoms with Gasteiger partial charge in [0.15, 0.2) is 5.75 Å². The van der Waals surface area contributed by atoms with E-state index in [1.807, 2.05) is 0 Å². The van der Waals surface area contributed by atoms with Gasteiger partial charge in [0.25, 0.3) is 16.8 Å². The van der Waals surface area contributed by atoms with E-state index in [1.54, 1.807) is 24.3 Å². The summed E-state index contributed by atoms with van der Waals surface area (Å²) in [5.74, 6) is -0.203. The van der Waals surface area contributed by atoms with Crippen molar-refractivity contribution in [2.24, 2.45) is 0 Å². The molecule has 1 heterocycles. The summed E-state index contributed by atoms with van der Waals surface area (Å²) in [6, 6.07) is 9.13. The van der Waals surface area contributed by atoms with Gasteiger partial charge in [0.2, 0.25) is 0 Å². The van der Waals surface area contributed by atoms with Crippen molar-refractivity contribution in [1.29, 1.82) is 0 Å². The zero-order valence-electron chi connectivity index (χ0n) is 16.2. The fraction of sp³-hybridized carbons (Fsp3) is 0.200. The number of ether oxygens (including phenoxy) is 2. The van der Waals surface area contributed by atoms with E-state index < -0.39 is 10.8 Å². The van der Waals surface area contributed by atoms with E-state index >= 15 is 0 Å². The molecule has 2 amide bonds. The second kappa shape index (κ2) is 10.1. The molecule has 0 unspecified atom stereocenters. The molecule has 2 aromatic rings. The van der Waals surface area contributed by atoms with Gasteiger partial charge in [-0.15, -0.1) is 0 Å². The van der Waals surface area contributed by atoms with Crippen LogP contribution in [0.4, 0.5) is 10.5 Å². The lowest BCUT2D eigenvalue weighted by Crippen LogP contribution is -2.31. The second-order valence-electron chi connectivity index (χ2n) is 6.36. The number of nitrogens with zero attached hydrogens (tertiary/aromatic N) is 2. The number of benzene rings is 2. The molecule has 1 aliphatic rings. The fourth-order valence-corrected chi connectivity index (χ4v) is 4.22. The quantitative estimate of drug-likeness (QED) is 0.290. The normalized spacial score (nSPS) is 15.1. The summed E-state index contributed by atoms with van der Waals surface area (Å²) in [6.45, 7) is 0.447. The van der Waals surface area contributed by atoms with Gasteiger partial charge in [-0.2, -0.15) is 0 Å². The molecule has 11 heteroatoms. The van der Waals surface area contributed by atoms with Crippen LogP contribution in [0.1, 0.15) is 11.1 Å². The summed E-state index contributed by atoms with van der Waals surface area (Å²) < 4.78 is 10.6. The molecule has 0 bridgehead atoms. The number of nitro groups is 1. The van der Waals surface area contributed by atoms with Crippen LogP contribution in [-0.4, -0.2) is 41.2 Å². The summed E-state index contributed by atoms with van der Waals surface area (Å²) in [7, 11) is 1.49. The van der Waals surface area contributed by atoms with Crippen LogP contribution < -0.4 is 4.74 Å². The number of thioether (sulfide) groups is 1. The molecule has 1 saturated heterocycles. The molecule has 0 saturated carbocycles. The second-order valence-corrected chi connectivity index (χ2v) is 8.16. The van der Waals surface area contributed by atoms with Gasteiger partial charge in [0.05, 0.1) is 33.0 Å². The fourth-order valence-electron chi connectivity index (χ4n) is 2.74. The Balaban J connectivity index is 1.76. The van der Waals surface area contributed by atoms with Crippen molar-refractivity contribution in [1.82, 2.24) is 4.90 Å². The first-order chi connectivity index (χ1) is 14.8. The van der Waals surface area contributed by atoms with Crippen molar-refractivity contribution < 1.29 is 24.0 Å². The Labute approximate surface area is 191 Å². The zero-order valence-corrected chi connectivity index (χ0v) is 18.5. The van der Waals surface area contributed by atoms with Crippen LogP contribution in [0.3, 0.4) is 0 Å². The Hall–Kier alpha value is -2.59. The molecule has 0 aliphatic carbocycles. The molecule has 1 fully saturated rings. The van der Waals surface area contributed by atoms with Crippen molar-refractivity contribution in [3.63, 3.8) is 0 Å². The predicted molar refractivity (Wildman–Crippen MR) is 118 cm³/mol. The van der Waals surface area contributed by atoms with Crippen LogP contribution in [-0.2, 0) is 16.1 Å². The minimum Gasteiger partial charge on any atom is -0.486 e. The number of nitro benzene ring substituents is 1. The monoisotopic (exact) mass is 482 g/mol. The summed E-state index contributed by atoms with van der Waals surface area (Å²) in [4.78, 5) is 36.2. The Morgan fingerprint density at radius 1 is 1.19 bits per heavy atom. The standard InChI is InChI=1S/C20H16Cl2N2O6S/c1-29-6-5-23-19(25)17(31-20(23)26)10-13-8-15(21)18(16(22)9-13)30-11-12-3-2-4-14(7-12)24(27)28/h2-4,7-10H,5-6,11H2,1H3/b17-10+. The predicted octanol–water partition coefficient (Wildman–Crippen LogP) is 5.16. The summed E-state index contributed by atoms with van der Waals surface area (Å²) >= 11 is 13.4. The van der Waals surface area contributed by atoms with Gasteiger partial charge in [-0.05, 0) is 41.1 Å². The average molecular weight is 483 g/mol. The average Bonchev–Trinajstić information content (AvgIpc) is 2.98. The van der Waals surface area contributed by atoms with E-state index in [2.05, 4.69) is 0 Å². The molecule has 0 aromatic heterocycles. The number of amides is 2. The van der Waals surface area contributed by atoms with E-state index in [-0.39, 0.29) is 51.4 Å². The number of halogens is 2. The number of carbonyl (C=O) groups is 2. The van der Waals surface area contributed by atoms with Gasteiger partial charge in [0.1, 0.15) is 6.61 Å². The maximum atomic E-state index is 12.4. The van der Waals surface area contributed by atoms with Crippen molar-refractivity contribution in [3.8, 4) is 5.75 Å². The number of carbonyl (C=O) groups excluding carboxylic acids is 2. The van der Waals surface area contributed by atoms with Gasteiger partial charge in [-0.3, -0.25) is 24.6 Å². The first-order valence-electron chi connectivity index (χ1n) is 8.89. The molecule has 0 spiro atoms. The Kier molecular flexibility index (Phi) is 7.55. The highest BCUT2D eigenvalue weighted by atomic mass is 35.5. The molecule has 2 aromatic carbocycles. The lowest BCUT2D eigenvalue weighted by atomic mass is 10.2. The van der Waals surface area contributed by atoms with Gasteiger partial charge in [0, 0.05) is 19.2 Å². The largest absolute Gasteiger partial charge is 0.486 e. The summed E-state index contributed by atoms with van der Waals surface area (Å²) in [5.41, 5.74) is 1.05. The lowest BCUT2D eigenvalue weighted by molar-refractivity contribution is -0.384. The maximum absolute atomic E-state index is 12.4. The van der Waals surface area contributed by atoms with Gasteiger partial charge in [-0.25, -0.2) is 0 Å². The Morgan fingerprint density at radius 3 is 2.55 bits per heavy atom. The third kappa shape index (κ3) is 5.56. The summed E-state index contributed by atoms with van der Waals surface area (Å²) in [5, 5.41) is 10.9. The van der Waals surface area contributed by atoms with Crippen LogP contribution >= 0.6 is 35.0 Å². The van der Waals surface area contributed by atoms with Crippen LogP contribution in [0.2, 0.25) is 10.0 Å². The number of imide groups is 1. The van der Waals surface area contributed by atoms with Gasteiger partial charge < -0.3 is 9.47 Å². The van der Waals surface area contributed by atoms with Crippen LogP contribution in [0, 0.1) is 10.1 Å². The number of non-ortho nitro benzene ring substituents is 1. The molecule has 3 rings (SSSR count). The smallest absolute Gasteiger partial charge is 0.293 e. The van der Waals surface area contributed by atoms with Crippen LogP contribution in [0.15, 0.2) is 41.3 Å². The van der Waals surface area contributed by atoms with Crippen LogP contribution in [0.25, 0.3) is 6.08 Å². The summed E-state index contributed by atoms with van der Waals surface area (Å²) in [6.07, 6.45) is 1.53. The van der Waals surface area contributed by atoms with Crippen molar-refractivity contribution in [2.75, 3.05) is 20.3 Å². The number of hydrogen-bond acceptors (Lipinski definition) is 7. The topological polar surface area (TPSA) is 99.0 Å².